The number of hydrogen-bond donors (Lipinski definition) is 2. The highest BCUT2D eigenvalue weighted by atomic mass is 127. The summed E-state index contributed by atoms with van der Waals surface area (Å²) in [7, 11) is 5.22. The first kappa shape index (κ1) is 22.0. The van der Waals surface area contributed by atoms with Gasteiger partial charge in [-0.3, -0.25) is 0 Å². The molecule has 0 unspecified atom stereocenters. The molecule has 26 heavy (non-hydrogen) atoms. The van der Waals surface area contributed by atoms with Gasteiger partial charge in [0.15, 0.2) is 11.8 Å². The Morgan fingerprint density at radius 3 is 2.54 bits per heavy atom. The van der Waals surface area contributed by atoms with Crippen molar-refractivity contribution in [3.05, 3.63) is 35.4 Å². The minimum atomic E-state index is 0. The number of guanidine groups is 1. The standard InChI is InChI=1S/C17H26N6O2.HI/c1-6-18-17(20-11-16-22-21-12(2)23(16)3)19-10-13-7-8-14(24-4)9-15(13)25-5;/h7-9H,6,10-11H2,1-5H3,(H2,18,19,20);1H. The minimum Gasteiger partial charge on any atom is -0.497 e. The van der Waals surface area contributed by atoms with E-state index in [2.05, 4.69) is 25.8 Å². The van der Waals surface area contributed by atoms with Gasteiger partial charge in [0, 0.05) is 25.2 Å². The first-order valence-corrected chi connectivity index (χ1v) is 8.17. The molecule has 2 N–H and O–H groups in total. The van der Waals surface area contributed by atoms with Gasteiger partial charge in [-0.15, -0.1) is 34.2 Å². The predicted octanol–water partition coefficient (Wildman–Crippen LogP) is 2.01. The smallest absolute Gasteiger partial charge is 0.191 e. The Kier molecular flexibility index (Phi) is 9.17. The lowest BCUT2D eigenvalue weighted by Gasteiger charge is -2.12. The molecule has 0 aliphatic rings. The van der Waals surface area contributed by atoms with E-state index in [1.807, 2.05) is 43.7 Å². The number of ether oxygens (including phenoxy) is 2. The van der Waals surface area contributed by atoms with Gasteiger partial charge >= 0.3 is 0 Å². The third-order valence-corrected chi connectivity index (χ3v) is 3.84. The molecule has 1 aromatic heterocycles. The lowest BCUT2D eigenvalue weighted by molar-refractivity contribution is 0.391. The van der Waals surface area contributed by atoms with Crippen molar-refractivity contribution >= 4 is 29.9 Å². The van der Waals surface area contributed by atoms with Crippen molar-refractivity contribution in [3.8, 4) is 11.5 Å². The van der Waals surface area contributed by atoms with Crippen LogP contribution in [0.3, 0.4) is 0 Å². The van der Waals surface area contributed by atoms with Crippen LogP contribution in [-0.2, 0) is 20.1 Å². The molecule has 0 amide bonds. The van der Waals surface area contributed by atoms with E-state index < -0.39 is 0 Å². The molecule has 0 bridgehead atoms. The minimum absolute atomic E-state index is 0. The van der Waals surface area contributed by atoms with Crippen LogP contribution < -0.4 is 20.1 Å². The molecule has 2 aromatic rings. The number of aliphatic imine (C=N–C) groups is 1. The predicted molar refractivity (Wildman–Crippen MR) is 112 cm³/mol. The second-order valence-corrected chi connectivity index (χ2v) is 5.45. The average molecular weight is 474 g/mol. The topological polar surface area (TPSA) is 85.6 Å². The van der Waals surface area contributed by atoms with E-state index in [0.717, 1.165) is 35.3 Å². The van der Waals surface area contributed by atoms with E-state index in [1.165, 1.54) is 0 Å². The summed E-state index contributed by atoms with van der Waals surface area (Å²) in [6.07, 6.45) is 0. The van der Waals surface area contributed by atoms with Crippen LogP contribution in [0.5, 0.6) is 11.5 Å². The van der Waals surface area contributed by atoms with Gasteiger partial charge in [-0.05, 0) is 26.0 Å². The zero-order valence-corrected chi connectivity index (χ0v) is 18.2. The van der Waals surface area contributed by atoms with E-state index in [-0.39, 0.29) is 24.0 Å². The van der Waals surface area contributed by atoms with Crippen molar-refractivity contribution in [1.82, 2.24) is 25.4 Å². The summed E-state index contributed by atoms with van der Waals surface area (Å²) in [5, 5.41) is 14.7. The Morgan fingerprint density at radius 1 is 1.19 bits per heavy atom. The molecule has 1 aromatic carbocycles. The fraction of sp³-hybridized carbons (Fsp3) is 0.471. The van der Waals surface area contributed by atoms with Gasteiger partial charge < -0.3 is 24.7 Å². The van der Waals surface area contributed by atoms with Crippen LogP contribution in [0.1, 0.15) is 24.1 Å². The maximum absolute atomic E-state index is 5.42. The summed E-state index contributed by atoms with van der Waals surface area (Å²) >= 11 is 0. The van der Waals surface area contributed by atoms with Crippen molar-refractivity contribution < 1.29 is 9.47 Å². The van der Waals surface area contributed by atoms with Crippen LogP contribution in [0.4, 0.5) is 0 Å². The summed E-state index contributed by atoms with van der Waals surface area (Å²) in [6, 6.07) is 5.71. The van der Waals surface area contributed by atoms with Crippen molar-refractivity contribution in [1.29, 1.82) is 0 Å². The maximum atomic E-state index is 5.42. The molecule has 0 aliphatic heterocycles. The number of aryl methyl sites for hydroxylation is 1. The highest BCUT2D eigenvalue weighted by Crippen LogP contribution is 2.25. The van der Waals surface area contributed by atoms with Crippen LogP contribution in [0.15, 0.2) is 23.2 Å². The van der Waals surface area contributed by atoms with E-state index >= 15 is 0 Å². The summed E-state index contributed by atoms with van der Waals surface area (Å²) in [6.45, 7) is 5.75. The summed E-state index contributed by atoms with van der Waals surface area (Å²) in [4.78, 5) is 4.62. The largest absolute Gasteiger partial charge is 0.497 e. The SMILES string of the molecule is CCNC(=NCc1ccc(OC)cc1OC)NCc1nnc(C)n1C.I. The number of benzene rings is 1. The Morgan fingerprint density at radius 2 is 1.96 bits per heavy atom. The number of hydrogen-bond acceptors (Lipinski definition) is 5. The molecule has 0 saturated heterocycles. The van der Waals surface area contributed by atoms with Crippen LogP contribution in [0, 0.1) is 6.92 Å². The van der Waals surface area contributed by atoms with Crippen molar-refractivity contribution in [2.75, 3.05) is 20.8 Å². The van der Waals surface area contributed by atoms with Gasteiger partial charge in [-0.25, -0.2) is 4.99 Å². The second-order valence-electron chi connectivity index (χ2n) is 5.45. The molecule has 0 spiro atoms. The Hall–Kier alpha value is -2.04. The summed E-state index contributed by atoms with van der Waals surface area (Å²) in [5.41, 5.74) is 0.981. The zero-order valence-electron chi connectivity index (χ0n) is 15.9. The summed E-state index contributed by atoms with van der Waals surface area (Å²) < 4.78 is 12.6. The first-order chi connectivity index (χ1) is 12.1. The number of rotatable bonds is 7. The molecule has 1 heterocycles. The van der Waals surface area contributed by atoms with E-state index in [4.69, 9.17) is 9.47 Å². The first-order valence-electron chi connectivity index (χ1n) is 8.17. The Bertz CT molecular complexity index is 732. The molecule has 2 rings (SSSR count). The maximum Gasteiger partial charge on any atom is 0.191 e. The van der Waals surface area contributed by atoms with Gasteiger partial charge in [-0.1, -0.05) is 0 Å². The molecule has 8 nitrogen and oxygen atoms in total. The highest BCUT2D eigenvalue weighted by Gasteiger charge is 2.07. The third-order valence-electron chi connectivity index (χ3n) is 3.84. The fourth-order valence-corrected chi connectivity index (χ4v) is 2.26. The monoisotopic (exact) mass is 474 g/mol. The normalized spacial score (nSPS) is 10.9. The lowest BCUT2D eigenvalue weighted by atomic mass is 10.2. The number of nitrogens with one attached hydrogen (secondary N) is 2. The van der Waals surface area contributed by atoms with Crippen LogP contribution >= 0.6 is 24.0 Å². The second kappa shape index (κ2) is 10.8. The van der Waals surface area contributed by atoms with Crippen molar-refractivity contribution in [2.45, 2.75) is 26.9 Å². The van der Waals surface area contributed by atoms with Gasteiger partial charge in [0.1, 0.15) is 17.3 Å². The lowest BCUT2D eigenvalue weighted by Crippen LogP contribution is -2.37. The Labute approximate surface area is 171 Å². The number of methoxy groups -OCH3 is 2. The van der Waals surface area contributed by atoms with Gasteiger partial charge in [0.05, 0.1) is 27.3 Å². The van der Waals surface area contributed by atoms with Gasteiger partial charge in [-0.2, -0.15) is 0 Å². The third kappa shape index (κ3) is 5.75. The van der Waals surface area contributed by atoms with Crippen molar-refractivity contribution in [2.24, 2.45) is 12.0 Å². The number of aromatic nitrogens is 3. The molecule has 0 saturated carbocycles. The Balaban J connectivity index is 0.00000338. The molecule has 144 valence electrons. The molecular weight excluding hydrogens is 447 g/mol. The zero-order chi connectivity index (χ0) is 18.2. The van der Waals surface area contributed by atoms with Crippen LogP contribution in [-0.4, -0.2) is 41.5 Å². The molecule has 0 aliphatic carbocycles. The molecule has 0 fully saturated rings. The van der Waals surface area contributed by atoms with Gasteiger partial charge in [0.2, 0.25) is 0 Å². The number of nitrogens with zero attached hydrogens (tertiary/aromatic N) is 4. The summed E-state index contributed by atoms with van der Waals surface area (Å²) in [5.74, 6) is 3.95. The highest BCUT2D eigenvalue weighted by molar-refractivity contribution is 14.0. The molecular formula is C17H27IN6O2. The van der Waals surface area contributed by atoms with Crippen molar-refractivity contribution in [3.63, 3.8) is 0 Å². The average Bonchev–Trinajstić information content (AvgIpc) is 2.95. The quantitative estimate of drug-likeness (QED) is 0.363. The van der Waals surface area contributed by atoms with Crippen LogP contribution in [0.25, 0.3) is 0 Å². The van der Waals surface area contributed by atoms with Gasteiger partial charge in [0.25, 0.3) is 0 Å². The molecule has 0 atom stereocenters. The van der Waals surface area contributed by atoms with E-state index in [1.54, 1.807) is 14.2 Å². The van der Waals surface area contributed by atoms with E-state index in [9.17, 15) is 0 Å². The number of halogens is 1. The molecule has 0 radical (unpaired) electrons. The molecule has 9 heteroatoms. The fourth-order valence-electron chi connectivity index (χ4n) is 2.26. The van der Waals surface area contributed by atoms with E-state index in [0.29, 0.717) is 19.0 Å². The van der Waals surface area contributed by atoms with Crippen LogP contribution in [0.2, 0.25) is 0 Å².